The second-order valence-corrected chi connectivity index (χ2v) is 3.19. The van der Waals surface area contributed by atoms with Crippen molar-refractivity contribution in [3.63, 3.8) is 0 Å². The van der Waals surface area contributed by atoms with Crippen LogP contribution < -0.4 is 5.32 Å². The molecule has 1 heterocycles. The summed E-state index contributed by atoms with van der Waals surface area (Å²) in [7, 11) is 3.23. The van der Waals surface area contributed by atoms with Gasteiger partial charge in [0.15, 0.2) is 0 Å². The third-order valence-corrected chi connectivity index (χ3v) is 2.21. The quantitative estimate of drug-likeness (QED) is 0.699. The first kappa shape index (κ1) is 10.1. The van der Waals surface area contributed by atoms with Crippen molar-refractivity contribution in [3.05, 3.63) is 12.4 Å². The third kappa shape index (κ3) is 1.54. The number of hydrogen-bond donors (Lipinski definition) is 1. The van der Waals surface area contributed by atoms with Crippen LogP contribution in [-0.4, -0.2) is 25.8 Å². The van der Waals surface area contributed by atoms with E-state index in [0.29, 0.717) is 5.90 Å². The Balaban J connectivity index is 2.98. The summed E-state index contributed by atoms with van der Waals surface area (Å²) in [6, 6.07) is 0. The molecule has 0 aromatic heterocycles. The van der Waals surface area contributed by atoms with Crippen molar-refractivity contribution in [3.8, 4) is 0 Å². The highest BCUT2D eigenvalue weighted by atomic mass is 16.5. The molecule has 0 saturated heterocycles. The molecule has 0 aliphatic carbocycles. The Kier molecular flexibility index (Phi) is 2.93. The summed E-state index contributed by atoms with van der Waals surface area (Å²) < 4.78 is 10.6. The van der Waals surface area contributed by atoms with Gasteiger partial charge in [0, 0.05) is 25.4 Å². The van der Waals surface area contributed by atoms with E-state index in [4.69, 9.17) is 9.47 Å². The second kappa shape index (κ2) is 3.79. The van der Waals surface area contributed by atoms with Crippen LogP contribution >= 0.6 is 0 Å². The van der Waals surface area contributed by atoms with Crippen molar-refractivity contribution in [2.45, 2.75) is 19.6 Å². The molecule has 0 bridgehead atoms. The number of ether oxygens (including phenoxy) is 2. The number of rotatable bonds is 2. The van der Waals surface area contributed by atoms with Crippen molar-refractivity contribution in [2.75, 3.05) is 14.2 Å². The first-order chi connectivity index (χ1) is 6.17. The molecule has 74 valence electrons. The molecule has 0 radical (unpaired) electrons. The minimum absolute atomic E-state index is 0.237. The van der Waals surface area contributed by atoms with Gasteiger partial charge in [0.1, 0.15) is 0 Å². The fraction of sp³-hybridized carbons (Fsp3) is 0.667. The molecule has 13 heavy (non-hydrogen) atoms. The Morgan fingerprint density at radius 3 is 2.54 bits per heavy atom. The highest BCUT2D eigenvalue weighted by molar-refractivity contribution is 5.86. The van der Waals surface area contributed by atoms with Crippen LogP contribution in [0, 0.1) is 5.92 Å². The molecule has 1 N–H and O–H groups in total. The van der Waals surface area contributed by atoms with Crippen LogP contribution in [0.25, 0.3) is 0 Å². The molecule has 0 fully saturated rings. The summed E-state index contributed by atoms with van der Waals surface area (Å²) in [5.74, 6) is 0.800. The van der Waals surface area contributed by atoms with Crippen molar-refractivity contribution < 1.29 is 9.47 Å². The number of methoxy groups -OCH3 is 2. The lowest BCUT2D eigenvalue weighted by atomic mass is 9.98. The zero-order valence-corrected chi connectivity index (χ0v) is 8.50. The maximum Gasteiger partial charge on any atom is 0.243 e. The van der Waals surface area contributed by atoms with Crippen LogP contribution in [0.1, 0.15) is 13.8 Å². The standard InChI is InChI=1S/C9H16N2O2/c1-7(2)9(13-4)8(12-3)10-5-6-11-9/h5-7,11H,1-4H3. The summed E-state index contributed by atoms with van der Waals surface area (Å²) in [5.41, 5.74) is -0.622. The van der Waals surface area contributed by atoms with Crippen molar-refractivity contribution in [1.29, 1.82) is 0 Å². The van der Waals surface area contributed by atoms with Gasteiger partial charge in [-0.2, -0.15) is 0 Å². The molecule has 0 amide bonds. The lowest BCUT2D eigenvalue weighted by Gasteiger charge is -2.37. The van der Waals surface area contributed by atoms with E-state index in [2.05, 4.69) is 10.3 Å². The van der Waals surface area contributed by atoms with Crippen LogP contribution in [0.4, 0.5) is 0 Å². The Labute approximate surface area is 78.6 Å². The molecule has 0 saturated carbocycles. The molecule has 1 rings (SSSR count). The van der Waals surface area contributed by atoms with Gasteiger partial charge in [-0.1, -0.05) is 13.8 Å². The van der Waals surface area contributed by atoms with Crippen LogP contribution in [0.5, 0.6) is 0 Å². The van der Waals surface area contributed by atoms with E-state index < -0.39 is 5.72 Å². The van der Waals surface area contributed by atoms with E-state index >= 15 is 0 Å². The number of nitrogens with zero attached hydrogens (tertiary/aromatic N) is 1. The van der Waals surface area contributed by atoms with Gasteiger partial charge in [0.05, 0.1) is 7.11 Å². The Morgan fingerprint density at radius 2 is 2.15 bits per heavy atom. The van der Waals surface area contributed by atoms with Crippen molar-refractivity contribution in [2.24, 2.45) is 10.9 Å². The number of hydrogen-bond acceptors (Lipinski definition) is 4. The monoisotopic (exact) mass is 184 g/mol. The summed E-state index contributed by atoms with van der Waals surface area (Å²) in [6.07, 6.45) is 3.41. The van der Waals surface area contributed by atoms with Crippen LogP contribution in [0.2, 0.25) is 0 Å². The van der Waals surface area contributed by atoms with Crippen LogP contribution in [0.3, 0.4) is 0 Å². The van der Waals surface area contributed by atoms with E-state index in [9.17, 15) is 0 Å². The maximum atomic E-state index is 5.43. The fourth-order valence-electron chi connectivity index (χ4n) is 1.42. The average molecular weight is 184 g/mol. The molecular formula is C9H16N2O2. The predicted molar refractivity (Wildman–Crippen MR) is 51.3 cm³/mol. The largest absolute Gasteiger partial charge is 0.481 e. The summed E-state index contributed by atoms with van der Waals surface area (Å²) in [6.45, 7) is 4.09. The van der Waals surface area contributed by atoms with Gasteiger partial charge in [-0.3, -0.25) is 0 Å². The molecule has 0 spiro atoms. The SMILES string of the molecule is COC1=NC=CNC1(OC)C(C)C. The third-order valence-electron chi connectivity index (χ3n) is 2.21. The average Bonchev–Trinajstić information content (AvgIpc) is 2.17. The van der Waals surface area contributed by atoms with E-state index in [0.717, 1.165) is 0 Å². The normalized spacial score (nSPS) is 27.0. The Hall–Kier alpha value is -1.03. The fourth-order valence-corrected chi connectivity index (χ4v) is 1.42. The van der Waals surface area contributed by atoms with Gasteiger partial charge in [0.25, 0.3) is 0 Å². The summed E-state index contributed by atoms with van der Waals surface area (Å²) >= 11 is 0. The molecule has 0 aromatic carbocycles. The minimum Gasteiger partial charge on any atom is -0.481 e. The molecule has 1 aliphatic rings. The predicted octanol–water partition coefficient (Wildman–Crippen LogP) is 1.10. The molecule has 4 nitrogen and oxygen atoms in total. The molecule has 1 unspecified atom stereocenters. The Morgan fingerprint density at radius 1 is 1.46 bits per heavy atom. The molecule has 1 atom stereocenters. The second-order valence-electron chi connectivity index (χ2n) is 3.19. The molecular weight excluding hydrogens is 168 g/mol. The molecule has 0 aromatic rings. The zero-order valence-electron chi connectivity index (χ0n) is 8.50. The minimum atomic E-state index is -0.622. The van der Waals surface area contributed by atoms with Gasteiger partial charge in [-0.05, 0) is 0 Å². The summed E-state index contributed by atoms with van der Waals surface area (Å²) in [4.78, 5) is 4.12. The van der Waals surface area contributed by atoms with Crippen molar-refractivity contribution in [1.82, 2.24) is 5.32 Å². The zero-order chi connectivity index (χ0) is 9.90. The lowest BCUT2D eigenvalue weighted by Crippen LogP contribution is -2.57. The molecule has 1 aliphatic heterocycles. The van der Waals surface area contributed by atoms with Crippen LogP contribution in [0.15, 0.2) is 17.4 Å². The van der Waals surface area contributed by atoms with E-state index in [1.807, 2.05) is 13.8 Å². The van der Waals surface area contributed by atoms with Crippen LogP contribution in [-0.2, 0) is 9.47 Å². The maximum absolute atomic E-state index is 5.43. The highest BCUT2D eigenvalue weighted by Gasteiger charge is 2.41. The van der Waals surface area contributed by atoms with Crippen molar-refractivity contribution >= 4 is 5.90 Å². The van der Waals surface area contributed by atoms with Gasteiger partial charge in [-0.15, -0.1) is 0 Å². The number of aliphatic imine (C=N–C) groups is 1. The molecule has 4 heteroatoms. The number of nitrogens with one attached hydrogen (secondary N) is 1. The first-order valence-electron chi connectivity index (χ1n) is 4.27. The Bertz CT molecular complexity index is 236. The van der Waals surface area contributed by atoms with E-state index in [-0.39, 0.29) is 5.92 Å². The van der Waals surface area contributed by atoms with Gasteiger partial charge >= 0.3 is 0 Å². The first-order valence-corrected chi connectivity index (χ1v) is 4.27. The van der Waals surface area contributed by atoms with Gasteiger partial charge in [-0.25, -0.2) is 4.99 Å². The van der Waals surface area contributed by atoms with Gasteiger partial charge < -0.3 is 14.8 Å². The van der Waals surface area contributed by atoms with E-state index in [1.54, 1.807) is 26.6 Å². The highest BCUT2D eigenvalue weighted by Crippen LogP contribution is 2.22. The lowest BCUT2D eigenvalue weighted by molar-refractivity contribution is -0.0233. The van der Waals surface area contributed by atoms with Gasteiger partial charge in [0.2, 0.25) is 11.6 Å². The summed E-state index contributed by atoms with van der Waals surface area (Å²) in [5, 5.41) is 3.12. The smallest absolute Gasteiger partial charge is 0.243 e. The van der Waals surface area contributed by atoms with E-state index in [1.165, 1.54) is 0 Å². The topological polar surface area (TPSA) is 42.8 Å².